The monoisotopic (exact) mass is 467 g/mol. The Balaban J connectivity index is 1.68. The van der Waals surface area contributed by atoms with Gasteiger partial charge in [0.2, 0.25) is 0 Å². The van der Waals surface area contributed by atoms with E-state index in [1.165, 1.54) is 32.1 Å². The van der Waals surface area contributed by atoms with Crippen LogP contribution in [0, 0.1) is 5.41 Å². The molecule has 0 bridgehead atoms. The Hall–Kier alpha value is -1.95. The molecule has 4 nitrogen and oxygen atoms in total. The minimum absolute atomic E-state index is 0.0532. The van der Waals surface area contributed by atoms with Gasteiger partial charge in [-0.15, -0.1) is 0 Å². The van der Waals surface area contributed by atoms with E-state index in [1.807, 2.05) is 42.5 Å². The first kappa shape index (κ1) is 21.9. The van der Waals surface area contributed by atoms with Crippen LogP contribution in [-0.2, 0) is 0 Å². The lowest BCUT2D eigenvalue weighted by Gasteiger charge is -2.41. The number of hydrogen-bond acceptors (Lipinski definition) is 4. The van der Waals surface area contributed by atoms with Gasteiger partial charge >= 0.3 is 0 Å². The van der Waals surface area contributed by atoms with Gasteiger partial charge < -0.3 is 4.74 Å². The second kappa shape index (κ2) is 9.12. The van der Waals surface area contributed by atoms with Crippen molar-refractivity contribution < 1.29 is 4.74 Å². The molecule has 6 heteroatoms. The minimum Gasteiger partial charge on any atom is -0.497 e. The van der Waals surface area contributed by atoms with Crippen LogP contribution in [0.5, 0.6) is 5.75 Å². The SMILES string of the molecule is COc1ccc(N=C2[C@H](N3CCCC3)C3(CCCCC3)C(=S)N2c2ccccc2Cl)cc1. The van der Waals surface area contributed by atoms with Crippen molar-refractivity contribution in [1.29, 1.82) is 0 Å². The highest BCUT2D eigenvalue weighted by atomic mass is 35.5. The fourth-order valence-corrected chi connectivity index (χ4v) is 6.49. The Morgan fingerprint density at radius 1 is 0.969 bits per heavy atom. The van der Waals surface area contributed by atoms with E-state index in [9.17, 15) is 0 Å². The molecule has 2 aromatic carbocycles. The lowest BCUT2D eigenvalue weighted by Crippen LogP contribution is -2.49. The number of nitrogens with zero attached hydrogens (tertiary/aromatic N) is 3. The number of likely N-dealkylation sites (tertiary alicyclic amines) is 1. The third-order valence-electron chi connectivity index (χ3n) is 7.29. The second-order valence-corrected chi connectivity index (χ2v) is 9.92. The van der Waals surface area contributed by atoms with Gasteiger partial charge in [-0.05, 0) is 75.2 Å². The number of ether oxygens (including phenoxy) is 1. The Bertz CT molecular complexity index is 1010. The van der Waals surface area contributed by atoms with Crippen molar-refractivity contribution in [1.82, 2.24) is 4.90 Å². The molecule has 2 aliphatic heterocycles. The zero-order chi connectivity index (χ0) is 22.1. The molecular weight excluding hydrogens is 438 g/mol. The highest BCUT2D eigenvalue weighted by Crippen LogP contribution is 2.51. The predicted octanol–water partition coefficient (Wildman–Crippen LogP) is 6.64. The fraction of sp³-hybridized carbons (Fsp3) is 0.462. The highest BCUT2D eigenvalue weighted by molar-refractivity contribution is 7.80. The number of amidine groups is 1. The summed E-state index contributed by atoms with van der Waals surface area (Å²) >= 11 is 13.0. The van der Waals surface area contributed by atoms with Crippen LogP contribution in [0.25, 0.3) is 0 Å². The molecule has 0 radical (unpaired) electrons. The number of thiocarbonyl (C=S) groups is 1. The van der Waals surface area contributed by atoms with Gasteiger partial charge in [0.05, 0.1) is 34.5 Å². The molecule has 3 aliphatic rings. The first-order valence-corrected chi connectivity index (χ1v) is 12.5. The molecule has 5 rings (SSSR count). The van der Waals surface area contributed by atoms with Crippen molar-refractivity contribution in [2.45, 2.75) is 51.0 Å². The summed E-state index contributed by atoms with van der Waals surface area (Å²) < 4.78 is 5.35. The van der Waals surface area contributed by atoms with Crippen LogP contribution in [0.1, 0.15) is 44.9 Å². The quantitative estimate of drug-likeness (QED) is 0.471. The van der Waals surface area contributed by atoms with Crippen molar-refractivity contribution in [3.63, 3.8) is 0 Å². The number of para-hydroxylation sites is 1. The molecule has 0 amide bonds. The summed E-state index contributed by atoms with van der Waals surface area (Å²) in [5.41, 5.74) is 1.80. The normalized spacial score (nSPS) is 24.6. The summed E-state index contributed by atoms with van der Waals surface area (Å²) in [6.45, 7) is 2.21. The van der Waals surface area contributed by atoms with Crippen molar-refractivity contribution in [3.05, 3.63) is 53.6 Å². The molecule has 1 atom stereocenters. The van der Waals surface area contributed by atoms with Gasteiger partial charge in [0.15, 0.2) is 0 Å². The minimum atomic E-state index is -0.0532. The largest absolute Gasteiger partial charge is 0.497 e. The molecule has 0 unspecified atom stereocenters. The van der Waals surface area contributed by atoms with E-state index < -0.39 is 0 Å². The van der Waals surface area contributed by atoms with Crippen LogP contribution in [0.15, 0.2) is 53.5 Å². The van der Waals surface area contributed by atoms with Gasteiger partial charge in [-0.3, -0.25) is 9.80 Å². The third-order valence-corrected chi connectivity index (χ3v) is 8.20. The third kappa shape index (κ3) is 3.74. The standard InChI is InChI=1S/C26H30ClN3OS/c1-31-20-13-11-19(12-14-20)28-24-23(29-17-7-8-18-29)26(15-5-2-6-16-26)25(32)30(24)22-10-4-3-9-21(22)27/h3-4,9-14,23H,2,5-8,15-18H2,1H3/t23-/m0/s1. The van der Waals surface area contributed by atoms with Gasteiger partial charge in [-0.1, -0.05) is 55.2 Å². The maximum atomic E-state index is 6.73. The summed E-state index contributed by atoms with van der Waals surface area (Å²) in [5, 5.41) is 0.713. The summed E-state index contributed by atoms with van der Waals surface area (Å²) in [6.07, 6.45) is 8.44. The van der Waals surface area contributed by atoms with Crippen molar-refractivity contribution >= 4 is 46.0 Å². The zero-order valence-corrected chi connectivity index (χ0v) is 20.2. The predicted molar refractivity (Wildman–Crippen MR) is 137 cm³/mol. The molecule has 0 aromatic heterocycles. The molecular formula is C26H30ClN3OS. The van der Waals surface area contributed by atoms with Crippen LogP contribution >= 0.6 is 23.8 Å². The Labute approximate surface area is 201 Å². The molecule has 2 aromatic rings. The number of benzene rings is 2. The Kier molecular flexibility index (Phi) is 6.24. The zero-order valence-electron chi connectivity index (χ0n) is 18.6. The van der Waals surface area contributed by atoms with Gasteiger partial charge in [-0.2, -0.15) is 0 Å². The highest BCUT2D eigenvalue weighted by Gasteiger charge is 2.58. The second-order valence-electron chi connectivity index (χ2n) is 9.12. The van der Waals surface area contributed by atoms with Crippen molar-refractivity contribution in [2.24, 2.45) is 10.4 Å². The smallest absolute Gasteiger partial charge is 0.133 e. The number of hydrogen-bond donors (Lipinski definition) is 0. The van der Waals surface area contributed by atoms with Gasteiger partial charge in [0.1, 0.15) is 11.6 Å². The van der Waals surface area contributed by atoms with Gasteiger partial charge in [0, 0.05) is 5.41 Å². The number of aliphatic imine (C=N–C) groups is 1. The van der Waals surface area contributed by atoms with Gasteiger partial charge in [-0.25, -0.2) is 4.99 Å². The molecule has 2 heterocycles. The Morgan fingerprint density at radius 2 is 1.66 bits per heavy atom. The van der Waals surface area contributed by atoms with E-state index in [2.05, 4.69) is 15.9 Å². The summed E-state index contributed by atoms with van der Waals surface area (Å²) in [4.78, 5) is 11.1. The van der Waals surface area contributed by atoms with E-state index in [-0.39, 0.29) is 11.5 Å². The molecule has 32 heavy (non-hydrogen) atoms. The van der Waals surface area contributed by atoms with E-state index in [4.69, 9.17) is 33.5 Å². The number of halogens is 1. The molecule has 168 valence electrons. The number of rotatable bonds is 4. The van der Waals surface area contributed by atoms with E-state index >= 15 is 0 Å². The van der Waals surface area contributed by atoms with Crippen molar-refractivity contribution in [2.75, 3.05) is 25.1 Å². The maximum absolute atomic E-state index is 6.73. The van der Waals surface area contributed by atoms with Crippen LogP contribution in [0.2, 0.25) is 5.02 Å². The first-order chi connectivity index (χ1) is 15.6. The summed E-state index contributed by atoms with van der Waals surface area (Å²) in [6, 6.07) is 16.2. The molecule has 1 aliphatic carbocycles. The van der Waals surface area contributed by atoms with E-state index in [1.54, 1.807) is 7.11 Å². The van der Waals surface area contributed by atoms with E-state index in [0.717, 1.165) is 53.9 Å². The molecule has 2 saturated heterocycles. The number of anilines is 1. The average molecular weight is 468 g/mol. The lowest BCUT2D eigenvalue weighted by molar-refractivity contribution is 0.155. The molecule has 1 spiro atoms. The van der Waals surface area contributed by atoms with Crippen LogP contribution in [0.4, 0.5) is 11.4 Å². The first-order valence-electron chi connectivity index (χ1n) is 11.7. The summed E-state index contributed by atoms with van der Waals surface area (Å²) in [5.74, 6) is 1.86. The van der Waals surface area contributed by atoms with Crippen molar-refractivity contribution in [3.8, 4) is 5.75 Å². The van der Waals surface area contributed by atoms with Gasteiger partial charge in [0.25, 0.3) is 0 Å². The van der Waals surface area contributed by atoms with Crippen LogP contribution in [-0.4, -0.2) is 42.0 Å². The Morgan fingerprint density at radius 3 is 2.31 bits per heavy atom. The summed E-state index contributed by atoms with van der Waals surface area (Å²) in [7, 11) is 1.69. The molecule has 1 saturated carbocycles. The van der Waals surface area contributed by atoms with Crippen LogP contribution in [0.3, 0.4) is 0 Å². The molecule has 0 N–H and O–H groups in total. The fourth-order valence-electron chi connectivity index (χ4n) is 5.76. The lowest BCUT2D eigenvalue weighted by atomic mass is 9.70. The topological polar surface area (TPSA) is 28.1 Å². The molecule has 3 fully saturated rings. The van der Waals surface area contributed by atoms with E-state index in [0.29, 0.717) is 5.02 Å². The van der Waals surface area contributed by atoms with Crippen LogP contribution < -0.4 is 9.64 Å². The maximum Gasteiger partial charge on any atom is 0.133 e. The average Bonchev–Trinajstić information content (AvgIpc) is 3.42. The number of methoxy groups -OCH3 is 1.